The molecule has 3 aromatic rings. The van der Waals surface area contributed by atoms with Crippen molar-refractivity contribution in [3.8, 4) is 5.69 Å². The van der Waals surface area contributed by atoms with Gasteiger partial charge in [-0.3, -0.25) is 10.1 Å². The molecule has 3 heterocycles. The molecule has 0 saturated carbocycles. The van der Waals surface area contributed by atoms with Crippen molar-refractivity contribution in [3.63, 3.8) is 0 Å². The highest BCUT2D eigenvalue weighted by Crippen LogP contribution is 2.23. The second kappa shape index (κ2) is 8.49. The van der Waals surface area contributed by atoms with Crippen LogP contribution < -0.4 is 10.6 Å². The van der Waals surface area contributed by atoms with Crippen LogP contribution in [-0.2, 0) is 7.05 Å². The molecule has 1 saturated heterocycles. The predicted molar refractivity (Wildman–Crippen MR) is 107 cm³/mol. The Bertz CT molecular complexity index is 947. The third-order valence-corrected chi connectivity index (χ3v) is 4.85. The summed E-state index contributed by atoms with van der Waals surface area (Å²) in [4.78, 5) is 21.2. The molecule has 0 bridgehead atoms. The number of aromatic nitrogens is 6. The van der Waals surface area contributed by atoms with Crippen molar-refractivity contribution in [2.75, 3.05) is 18.4 Å². The number of aryl methyl sites for hydroxylation is 2. The van der Waals surface area contributed by atoms with Crippen molar-refractivity contribution in [3.05, 3.63) is 47.8 Å². The Labute approximate surface area is 169 Å². The summed E-state index contributed by atoms with van der Waals surface area (Å²) in [5, 5.41) is 14.8. The van der Waals surface area contributed by atoms with Crippen LogP contribution in [0.4, 0.5) is 5.95 Å². The van der Waals surface area contributed by atoms with Gasteiger partial charge in [-0.1, -0.05) is 0 Å². The van der Waals surface area contributed by atoms with Gasteiger partial charge in [0.2, 0.25) is 5.95 Å². The molecular weight excluding hydrogens is 380 g/mol. The summed E-state index contributed by atoms with van der Waals surface area (Å²) in [6, 6.07) is 5.53. The van der Waals surface area contributed by atoms with E-state index in [4.69, 9.17) is 0 Å². The number of rotatable bonds is 4. The fourth-order valence-electron chi connectivity index (χ4n) is 3.32. The Morgan fingerprint density at radius 2 is 2.07 bits per heavy atom. The lowest BCUT2D eigenvalue weighted by atomic mass is 9.98. The first-order valence-electron chi connectivity index (χ1n) is 9.00. The molecule has 148 valence electrons. The van der Waals surface area contributed by atoms with Crippen molar-refractivity contribution in [1.82, 2.24) is 34.8 Å². The molecule has 1 fully saturated rings. The van der Waals surface area contributed by atoms with Gasteiger partial charge in [0.1, 0.15) is 12.7 Å². The van der Waals surface area contributed by atoms with Crippen molar-refractivity contribution >= 4 is 24.3 Å². The average molecular weight is 403 g/mol. The fourth-order valence-corrected chi connectivity index (χ4v) is 3.32. The largest absolute Gasteiger partial charge is 0.317 e. The van der Waals surface area contributed by atoms with E-state index in [1.807, 2.05) is 19.1 Å². The van der Waals surface area contributed by atoms with Gasteiger partial charge in [-0.15, -0.1) is 12.4 Å². The van der Waals surface area contributed by atoms with Gasteiger partial charge in [0.15, 0.2) is 5.82 Å². The lowest BCUT2D eigenvalue weighted by molar-refractivity contribution is 0.102. The number of hydrogen-bond donors (Lipinski definition) is 2. The van der Waals surface area contributed by atoms with Gasteiger partial charge < -0.3 is 5.32 Å². The molecule has 28 heavy (non-hydrogen) atoms. The normalized spacial score (nSPS) is 14.5. The van der Waals surface area contributed by atoms with E-state index in [9.17, 15) is 4.79 Å². The van der Waals surface area contributed by atoms with Crippen LogP contribution in [0.3, 0.4) is 0 Å². The first-order chi connectivity index (χ1) is 13.1. The van der Waals surface area contributed by atoms with Gasteiger partial charge in [-0.25, -0.2) is 14.3 Å². The van der Waals surface area contributed by atoms with Crippen molar-refractivity contribution < 1.29 is 4.79 Å². The predicted octanol–water partition coefficient (Wildman–Crippen LogP) is 1.85. The Morgan fingerprint density at radius 3 is 2.75 bits per heavy atom. The number of hydrogen-bond acceptors (Lipinski definition) is 6. The molecular formula is C18H23ClN8O. The monoisotopic (exact) mass is 402 g/mol. The van der Waals surface area contributed by atoms with Gasteiger partial charge in [-0.2, -0.15) is 15.2 Å². The summed E-state index contributed by atoms with van der Waals surface area (Å²) >= 11 is 0. The van der Waals surface area contributed by atoms with Crippen LogP contribution in [0, 0.1) is 6.92 Å². The number of halogens is 1. The number of nitrogens with zero attached hydrogens (tertiary/aromatic N) is 6. The van der Waals surface area contributed by atoms with Gasteiger partial charge in [0.05, 0.1) is 5.69 Å². The van der Waals surface area contributed by atoms with Crippen LogP contribution in [0.2, 0.25) is 0 Å². The molecule has 0 atom stereocenters. The van der Waals surface area contributed by atoms with Gasteiger partial charge >= 0.3 is 0 Å². The van der Waals surface area contributed by atoms with Crippen molar-refractivity contribution in [2.45, 2.75) is 25.7 Å². The molecule has 1 aliphatic rings. The third-order valence-electron chi connectivity index (χ3n) is 4.85. The van der Waals surface area contributed by atoms with Crippen molar-refractivity contribution in [2.24, 2.45) is 7.05 Å². The third kappa shape index (κ3) is 4.05. The maximum absolute atomic E-state index is 12.7. The minimum atomic E-state index is -0.204. The summed E-state index contributed by atoms with van der Waals surface area (Å²) in [5.41, 5.74) is 2.29. The average Bonchev–Trinajstić information content (AvgIpc) is 3.33. The van der Waals surface area contributed by atoms with Crippen molar-refractivity contribution in [1.29, 1.82) is 0 Å². The van der Waals surface area contributed by atoms with Crippen LogP contribution in [0.5, 0.6) is 0 Å². The van der Waals surface area contributed by atoms with E-state index in [2.05, 4.69) is 30.8 Å². The zero-order chi connectivity index (χ0) is 18.8. The number of benzene rings is 1. The van der Waals surface area contributed by atoms with Crippen LogP contribution in [0.25, 0.3) is 5.69 Å². The van der Waals surface area contributed by atoms with Crippen LogP contribution in [-0.4, -0.2) is 48.5 Å². The number of carbonyl (C=O) groups is 1. The van der Waals surface area contributed by atoms with E-state index in [-0.39, 0.29) is 18.3 Å². The number of anilines is 1. The zero-order valence-electron chi connectivity index (χ0n) is 15.8. The topological polar surface area (TPSA) is 103 Å². The van der Waals surface area contributed by atoms with Crippen LogP contribution in [0.1, 0.15) is 40.5 Å². The molecule has 10 heteroatoms. The van der Waals surface area contributed by atoms with E-state index in [0.29, 0.717) is 17.4 Å². The Morgan fingerprint density at radius 1 is 1.29 bits per heavy atom. The van der Waals surface area contributed by atoms with Gasteiger partial charge in [0, 0.05) is 18.5 Å². The van der Waals surface area contributed by atoms with Crippen LogP contribution in [0.15, 0.2) is 30.9 Å². The molecule has 1 amide bonds. The molecule has 0 radical (unpaired) electrons. The SMILES string of the molecule is Cc1cc(-n2cncn2)ccc1C(=O)Nc1nc(C2CCNCC2)nn1C.Cl. The van der Waals surface area contributed by atoms with E-state index < -0.39 is 0 Å². The summed E-state index contributed by atoms with van der Waals surface area (Å²) in [7, 11) is 1.80. The molecule has 0 unspecified atom stereocenters. The van der Waals surface area contributed by atoms with Gasteiger partial charge in [-0.05, 0) is 56.6 Å². The smallest absolute Gasteiger partial charge is 0.258 e. The maximum Gasteiger partial charge on any atom is 0.258 e. The number of carbonyl (C=O) groups excluding carboxylic acids is 1. The summed E-state index contributed by atoms with van der Waals surface area (Å²) in [6.07, 6.45) is 5.13. The number of amides is 1. The molecule has 1 aromatic carbocycles. The van der Waals surface area contributed by atoms with E-state index in [0.717, 1.165) is 43.0 Å². The van der Waals surface area contributed by atoms with E-state index in [1.165, 1.54) is 6.33 Å². The minimum Gasteiger partial charge on any atom is -0.317 e. The highest BCUT2D eigenvalue weighted by atomic mass is 35.5. The highest BCUT2D eigenvalue weighted by molar-refractivity contribution is 6.04. The quantitative estimate of drug-likeness (QED) is 0.690. The second-order valence-corrected chi connectivity index (χ2v) is 6.73. The Balaban J connectivity index is 0.00000225. The number of piperidine rings is 1. The fraction of sp³-hybridized carbons (Fsp3) is 0.389. The summed E-state index contributed by atoms with van der Waals surface area (Å²) in [6.45, 7) is 3.84. The molecule has 0 aliphatic carbocycles. The Hall–Kier alpha value is -2.78. The minimum absolute atomic E-state index is 0. The lowest BCUT2D eigenvalue weighted by Gasteiger charge is -2.19. The maximum atomic E-state index is 12.7. The number of nitrogens with one attached hydrogen (secondary N) is 2. The molecule has 0 spiro atoms. The highest BCUT2D eigenvalue weighted by Gasteiger charge is 2.22. The lowest BCUT2D eigenvalue weighted by Crippen LogP contribution is -2.27. The standard InChI is InChI=1S/C18H22N8O.ClH/c1-12-9-14(26-11-20-10-21-26)3-4-15(12)17(27)23-18-22-16(24-25(18)2)13-5-7-19-8-6-13;/h3-4,9-11,13,19H,5-8H2,1-2H3,(H,22,23,24,27);1H. The molecule has 2 N–H and O–H groups in total. The molecule has 1 aliphatic heterocycles. The zero-order valence-corrected chi connectivity index (χ0v) is 16.6. The summed E-state index contributed by atoms with van der Waals surface area (Å²) in [5.74, 6) is 1.40. The molecule has 2 aromatic heterocycles. The van der Waals surface area contributed by atoms with Gasteiger partial charge in [0.25, 0.3) is 5.91 Å². The van der Waals surface area contributed by atoms with E-state index in [1.54, 1.807) is 28.8 Å². The second-order valence-electron chi connectivity index (χ2n) is 6.73. The van der Waals surface area contributed by atoms with E-state index >= 15 is 0 Å². The molecule has 4 rings (SSSR count). The summed E-state index contributed by atoms with van der Waals surface area (Å²) < 4.78 is 3.29. The molecule has 9 nitrogen and oxygen atoms in total. The first-order valence-corrected chi connectivity index (χ1v) is 9.00. The first kappa shape index (κ1) is 20.0. The van der Waals surface area contributed by atoms with Crippen LogP contribution >= 0.6 is 12.4 Å². The Kier molecular flexibility index (Phi) is 6.05.